The smallest absolute Gasteiger partial charge is 0.220 e. The number of aliphatic carboxylic acids is 2. The average molecular weight is 452 g/mol. The number of nitrogens with one attached hydrogen (secondary N) is 1. The molecule has 0 aliphatic rings. The Morgan fingerprint density at radius 1 is 0.667 bits per heavy atom. The molecule has 0 saturated carbocycles. The zero-order valence-electron chi connectivity index (χ0n) is 19.1. The van der Waals surface area contributed by atoms with Crippen LogP contribution in [-0.2, 0) is 14.4 Å². The molecule has 6 nitrogen and oxygen atoms in total. The van der Waals surface area contributed by atoms with E-state index in [9.17, 15) is 24.6 Å². The zero-order valence-corrected chi connectivity index (χ0v) is 21.3. The molecule has 2 radical (unpaired) electrons. The van der Waals surface area contributed by atoms with E-state index < -0.39 is 24.4 Å². The van der Waals surface area contributed by atoms with Crippen molar-refractivity contribution in [1.82, 2.24) is 5.32 Å². The maximum atomic E-state index is 11.8. The third kappa shape index (κ3) is 22.4. The van der Waals surface area contributed by atoms with Crippen molar-refractivity contribution in [3.63, 3.8) is 0 Å². The molecule has 0 unspecified atom stereocenters. The maximum absolute atomic E-state index is 11.8. The number of carboxylic acids is 2. The van der Waals surface area contributed by atoms with Crippen LogP contribution in [0.5, 0.6) is 0 Å². The molecular weight excluding hydrogens is 410 g/mol. The fraction of sp³-hybridized carbons (Fsp3) is 0.870. The Hall–Kier alpha value is -0.330. The Morgan fingerprint density at radius 2 is 1.07 bits per heavy atom. The molecule has 0 rings (SSSR count). The number of hydrogen-bond donors (Lipinski definition) is 1. The molecule has 0 aromatic heterocycles. The number of carboxylic acid groups (broad SMARTS) is 2. The van der Waals surface area contributed by atoms with Crippen molar-refractivity contribution in [3.05, 3.63) is 0 Å². The molecular formula is C23H41CaNO5-2. The van der Waals surface area contributed by atoms with Gasteiger partial charge in [-0.2, -0.15) is 0 Å². The molecule has 0 aliphatic carbocycles. The van der Waals surface area contributed by atoms with Crippen LogP contribution in [0, 0.1) is 0 Å². The summed E-state index contributed by atoms with van der Waals surface area (Å²) in [6.07, 6.45) is 18.3. The molecule has 0 aromatic rings. The van der Waals surface area contributed by atoms with Crippen LogP contribution < -0.4 is 15.5 Å². The first-order valence-electron chi connectivity index (χ1n) is 11.7. The van der Waals surface area contributed by atoms with E-state index in [-0.39, 0.29) is 56.5 Å². The van der Waals surface area contributed by atoms with Crippen molar-refractivity contribution in [2.45, 2.75) is 129 Å². The first-order chi connectivity index (χ1) is 14.0. The maximum Gasteiger partial charge on any atom is 0.220 e. The largest absolute Gasteiger partial charge is 0.550 e. The first kappa shape index (κ1) is 31.9. The molecule has 0 saturated heterocycles. The summed E-state index contributed by atoms with van der Waals surface area (Å²) in [7, 11) is 0. The van der Waals surface area contributed by atoms with Crippen LogP contribution in [0.3, 0.4) is 0 Å². The van der Waals surface area contributed by atoms with E-state index in [1.54, 1.807) is 0 Å². The summed E-state index contributed by atoms with van der Waals surface area (Å²) < 4.78 is 0. The molecule has 30 heavy (non-hydrogen) atoms. The Balaban J connectivity index is 0. The van der Waals surface area contributed by atoms with Gasteiger partial charge in [-0.1, -0.05) is 96.8 Å². The van der Waals surface area contributed by atoms with Crippen LogP contribution in [0.15, 0.2) is 0 Å². The molecule has 1 amide bonds. The number of rotatable bonds is 21. The Kier molecular flexibility index (Phi) is 24.8. The predicted octanol–water partition coefficient (Wildman–Crippen LogP) is 2.63. The standard InChI is InChI=1S/C23H43NO5.Ca/c1-2-3-4-5-6-7-8-9-10-11-12-13-14-15-16-17-21(25)24-20(23(28)29)18-19-22(26)27;/h20H,2-19H2,1H3,(H,24,25)(H,26,27)(H,28,29);/p-2/t20-;/m0./s1. The van der Waals surface area contributed by atoms with Gasteiger partial charge in [0.15, 0.2) is 0 Å². The Morgan fingerprint density at radius 3 is 1.43 bits per heavy atom. The summed E-state index contributed by atoms with van der Waals surface area (Å²) in [5.41, 5.74) is 0. The molecule has 0 bridgehead atoms. The molecule has 0 fully saturated rings. The van der Waals surface area contributed by atoms with Crippen LogP contribution in [-0.4, -0.2) is 61.6 Å². The fourth-order valence-corrected chi connectivity index (χ4v) is 3.43. The average Bonchev–Trinajstić information content (AvgIpc) is 2.67. The Labute approximate surface area is 213 Å². The first-order valence-corrected chi connectivity index (χ1v) is 11.7. The van der Waals surface area contributed by atoms with Gasteiger partial charge in [-0.05, 0) is 19.3 Å². The van der Waals surface area contributed by atoms with Gasteiger partial charge in [0, 0.05) is 50.1 Å². The molecule has 1 atom stereocenters. The topological polar surface area (TPSA) is 109 Å². The van der Waals surface area contributed by atoms with Gasteiger partial charge < -0.3 is 25.1 Å². The quantitative estimate of drug-likeness (QED) is 0.213. The Bertz CT molecular complexity index is 445. The third-order valence-corrected chi connectivity index (χ3v) is 5.26. The van der Waals surface area contributed by atoms with E-state index in [1.165, 1.54) is 77.0 Å². The van der Waals surface area contributed by atoms with Gasteiger partial charge in [0.25, 0.3) is 0 Å². The SMILES string of the molecule is CCCCCCCCCCCCCCCCCC(=O)N[C@@H](CCC(=O)[O-])C(=O)[O-].[Ca]. The zero-order chi connectivity index (χ0) is 21.7. The number of hydrogen-bond acceptors (Lipinski definition) is 5. The van der Waals surface area contributed by atoms with E-state index in [0.29, 0.717) is 6.42 Å². The van der Waals surface area contributed by atoms with E-state index in [0.717, 1.165) is 12.8 Å². The predicted molar refractivity (Wildman–Crippen MR) is 116 cm³/mol. The van der Waals surface area contributed by atoms with Gasteiger partial charge in [-0.25, -0.2) is 0 Å². The number of unbranched alkanes of at least 4 members (excludes halogenated alkanes) is 14. The summed E-state index contributed by atoms with van der Waals surface area (Å²) in [6, 6.07) is -1.27. The fourth-order valence-electron chi connectivity index (χ4n) is 3.43. The van der Waals surface area contributed by atoms with Crippen molar-refractivity contribution < 1.29 is 24.6 Å². The van der Waals surface area contributed by atoms with Gasteiger partial charge in [-0.3, -0.25) is 4.79 Å². The summed E-state index contributed by atoms with van der Waals surface area (Å²) in [6.45, 7) is 2.25. The molecule has 0 heterocycles. The third-order valence-electron chi connectivity index (χ3n) is 5.26. The van der Waals surface area contributed by atoms with Crippen molar-refractivity contribution in [2.24, 2.45) is 0 Å². The van der Waals surface area contributed by atoms with Gasteiger partial charge in [0.05, 0.1) is 12.0 Å². The minimum Gasteiger partial charge on any atom is -0.550 e. The minimum atomic E-state index is -1.46. The van der Waals surface area contributed by atoms with Crippen molar-refractivity contribution in [3.8, 4) is 0 Å². The van der Waals surface area contributed by atoms with Crippen molar-refractivity contribution in [1.29, 1.82) is 0 Å². The summed E-state index contributed by atoms with van der Waals surface area (Å²) in [4.78, 5) is 33.1. The number of carbonyl (C=O) groups is 3. The van der Waals surface area contributed by atoms with Crippen LogP contribution in [0.4, 0.5) is 0 Å². The second-order valence-electron chi connectivity index (χ2n) is 8.05. The van der Waals surface area contributed by atoms with Crippen molar-refractivity contribution in [2.75, 3.05) is 0 Å². The van der Waals surface area contributed by atoms with Gasteiger partial charge in [0.2, 0.25) is 5.91 Å². The number of carbonyl (C=O) groups excluding carboxylic acids is 3. The summed E-state index contributed by atoms with van der Waals surface area (Å²) >= 11 is 0. The van der Waals surface area contributed by atoms with E-state index in [2.05, 4.69) is 12.2 Å². The molecule has 7 heteroatoms. The monoisotopic (exact) mass is 451 g/mol. The van der Waals surface area contributed by atoms with Crippen molar-refractivity contribution >= 4 is 55.6 Å². The van der Waals surface area contributed by atoms with Crippen LogP contribution in [0.1, 0.15) is 122 Å². The van der Waals surface area contributed by atoms with E-state index in [4.69, 9.17) is 0 Å². The van der Waals surface area contributed by atoms with Crippen LogP contribution >= 0.6 is 0 Å². The molecule has 0 aromatic carbocycles. The van der Waals surface area contributed by atoms with Gasteiger partial charge in [-0.15, -0.1) is 0 Å². The van der Waals surface area contributed by atoms with Crippen LogP contribution in [0.2, 0.25) is 0 Å². The van der Waals surface area contributed by atoms with E-state index in [1.807, 2.05) is 0 Å². The van der Waals surface area contributed by atoms with Gasteiger partial charge in [0.1, 0.15) is 0 Å². The molecule has 0 spiro atoms. The second-order valence-corrected chi connectivity index (χ2v) is 8.05. The summed E-state index contributed by atoms with van der Waals surface area (Å²) in [5.74, 6) is -3.17. The minimum absolute atomic E-state index is 0. The second kappa shape index (κ2) is 23.3. The summed E-state index contributed by atoms with van der Waals surface area (Å²) in [5, 5.41) is 23.7. The molecule has 1 N–H and O–H groups in total. The van der Waals surface area contributed by atoms with E-state index >= 15 is 0 Å². The molecule has 172 valence electrons. The molecule has 0 aliphatic heterocycles. The normalized spacial score (nSPS) is 11.5. The van der Waals surface area contributed by atoms with Gasteiger partial charge >= 0.3 is 0 Å². The van der Waals surface area contributed by atoms with Crippen LogP contribution in [0.25, 0.3) is 0 Å². The number of amides is 1.